The van der Waals surface area contributed by atoms with Gasteiger partial charge in [0.1, 0.15) is 5.83 Å². The zero-order valence-corrected chi connectivity index (χ0v) is 6.86. The quantitative estimate of drug-likeness (QED) is 0.652. The molecular weight excluding hydrogens is 169 g/mol. The molecule has 0 aliphatic heterocycles. The minimum atomic E-state index is -0.645. The molecule has 0 radical (unpaired) electrons. The Morgan fingerprint density at radius 3 is 2.73 bits per heavy atom. The monoisotopic (exact) mass is 179 g/mol. The highest BCUT2D eigenvalue weighted by molar-refractivity contribution is 5.85. The Kier molecular flexibility index (Phi) is 4.11. The van der Waals surface area contributed by atoms with Crippen LogP contribution in [0.2, 0.25) is 0 Å². The molecule has 0 heterocycles. The number of primary amides is 1. The standard InChI is InChI=1S/C7H10FNO.ClH/c8-6-4-2-1-3-5(6)7(9)10;/h4-5H,1-3H2,(H2,9,10);1H. The van der Waals surface area contributed by atoms with Gasteiger partial charge in [0.25, 0.3) is 0 Å². The molecule has 1 atom stereocenters. The van der Waals surface area contributed by atoms with Crippen molar-refractivity contribution >= 4 is 18.3 Å². The van der Waals surface area contributed by atoms with Gasteiger partial charge < -0.3 is 5.73 Å². The van der Waals surface area contributed by atoms with Crippen LogP contribution in [-0.2, 0) is 4.79 Å². The maximum atomic E-state index is 12.7. The molecule has 1 aliphatic carbocycles. The van der Waals surface area contributed by atoms with Crippen LogP contribution < -0.4 is 5.73 Å². The molecule has 2 nitrogen and oxygen atoms in total. The second-order valence-corrected chi connectivity index (χ2v) is 2.47. The van der Waals surface area contributed by atoms with E-state index in [0.29, 0.717) is 6.42 Å². The second kappa shape index (κ2) is 4.34. The lowest BCUT2D eigenvalue weighted by atomic mass is 9.94. The molecule has 0 saturated carbocycles. The van der Waals surface area contributed by atoms with E-state index >= 15 is 0 Å². The Hall–Kier alpha value is -0.570. The molecule has 1 aliphatic rings. The molecule has 2 N–H and O–H groups in total. The van der Waals surface area contributed by atoms with E-state index in [-0.39, 0.29) is 18.2 Å². The van der Waals surface area contributed by atoms with Crippen molar-refractivity contribution < 1.29 is 9.18 Å². The van der Waals surface area contributed by atoms with Gasteiger partial charge in [-0.3, -0.25) is 4.79 Å². The van der Waals surface area contributed by atoms with Crippen LogP contribution in [0.5, 0.6) is 0 Å². The topological polar surface area (TPSA) is 43.1 Å². The van der Waals surface area contributed by atoms with Gasteiger partial charge in [-0.1, -0.05) is 6.08 Å². The fourth-order valence-electron chi connectivity index (χ4n) is 1.12. The molecule has 1 rings (SSSR count). The molecule has 0 aromatic carbocycles. The SMILES string of the molecule is Cl.NC(=O)C1CCCC=C1F. The number of amides is 1. The van der Waals surface area contributed by atoms with Crippen molar-refractivity contribution in [1.82, 2.24) is 0 Å². The molecule has 1 amide bonds. The van der Waals surface area contributed by atoms with E-state index in [4.69, 9.17) is 5.73 Å². The predicted octanol–water partition coefficient (Wildman–Crippen LogP) is 1.55. The van der Waals surface area contributed by atoms with Crippen molar-refractivity contribution in [2.45, 2.75) is 19.3 Å². The van der Waals surface area contributed by atoms with Crippen LogP contribution in [0.15, 0.2) is 11.9 Å². The van der Waals surface area contributed by atoms with Crippen LogP contribution in [-0.4, -0.2) is 5.91 Å². The number of carbonyl (C=O) groups is 1. The first-order chi connectivity index (χ1) is 4.72. The summed E-state index contributed by atoms with van der Waals surface area (Å²) in [5.41, 5.74) is 4.94. The molecule has 0 bridgehead atoms. The minimum absolute atomic E-state index is 0. The van der Waals surface area contributed by atoms with E-state index in [1.54, 1.807) is 0 Å². The van der Waals surface area contributed by atoms with Crippen LogP contribution >= 0.6 is 12.4 Å². The van der Waals surface area contributed by atoms with Crippen molar-refractivity contribution in [3.05, 3.63) is 11.9 Å². The highest BCUT2D eigenvalue weighted by Gasteiger charge is 2.22. The zero-order chi connectivity index (χ0) is 7.56. The fourth-order valence-corrected chi connectivity index (χ4v) is 1.12. The first-order valence-electron chi connectivity index (χ1n) is 3.36. The van der Waals surface area contributed by atoms with Crippen LogP contribution in [0.1, 0.15) is 19.3 Å². The molecule has 64 valence electrons. The van der Waals surface area contributed by atoms with Gasteiger partial charge in [-0.2, -0.15) is 0 Å². The Bertz CT molecular complexity index is 181. The van der Waals surface area contributed by atoms with Crippen molar-refractivity contribution in [3.63, 3.8) is 0 Å². The first kappa shape index (κ1) is 10.4. The second-order valence-electron chi connectivity index (χ2n) is 2.47. The van der Waals surface area contributed by atoms with Crippen molar-refractivity contribution in [1.29, 1.82) is 0 Å². The van der Waals surface area contributed by atoms with E-state index in [9.17, 15) is 9.18 Å². The smallest absolute Gasteiger partial charge is 0.227 e. The highest BCUT2D eigenvalue weighted by Crippen LogP contribution is 2.24. The van der Waals surface area contributed by atoms with Gasteiger partial charge >= 0.3 is 0 Å². The fraction of sp³-hybridized carbons (Fsp3) is 0.571. The lowest BCUT2D eigenvalue weighted by molar-refractivity contribution is -0.121. The number of halogens is 2. The number of hydrogen-bond donors (Lipinski definition) is 1. The van der Waals surface area contributed by atoms with E-state index in [2.05, 4.69) is 0 Å². The third-order valence-corrected chi connectivity index (χ3v) is 1.71. The summed E-state index contributed by atoms with van der Waals surface area (Å²) in [7, 11) is 0. The van der Waals surface area contributed by atoms with Crippen LogP contribution in [0, 0.1) is 5.92 Å². The molecule has 11 heavy (non-hydrogen) atoms. The minimum Gasteiger partial charge on any atom is -0.369 e. The maximum Gasteiger partial charge on any atom is 0.227 e. The third kappa shape index (κ3) is 2.50. The van der Waals surface area contributed by atoms with Gasteiger partial charge in [-0.05, 0) is 19.3 Å². The zero-order valence-electron chi connectivity index (χ0n) is 6.05. The van der Waals surface area contributed by atoms with Gasteiger partial charge in [0.2, 0.25) is 5.91 Å². The molecular formula is C7H11ClFNO. The number of nitrogens with two attached hydrogens (primary N) is 1. The van der Waals surface area contributed by atoms with Crippen molar-refractivity contribution in [2.75, 3.05) is 0 Å². The maximum absolute atomic E-state index is 12.7. The van der Waals surface area contributed by atoms with Crippen LogP contribution in [0.25, 0.3) is 0 Å². The Labute approximate surface area is 71.1 Å². The molecule has 4 heteroatoms. The third-order valence-electron chi connectivity index (χ3n) is 1.71. The number of rotatable bonds is 1. The summed E-state index contributed by atoms with van der Waals surface area (Å²) in [6, 6.07) is 0. The van der Waals surface area contributed by atoms with Crippen LogP contribution in [0.3, 0.4) is 0 Å². The summed E-state index contributed by atoms with van der Waals surface area (Å²) >= 11 is 0. The Balaban J connectivity index is 0.000001000. The van der Waals surface area contributed by atoms with E-state index in [1.807, 2.05) is 0 Å². The molecule has 0 saturated heterocycles. The molecule has 0 fully saturated rings. The van der Waals surface area contributed by atoms with Gasteiger partial charge in [0.05, 0.1) is 5.92 Å². The molecule has 1 unspecified atom stereocenters. The average molecular weight is 180 g/mol. The largest absolute Gasteiger partial charge is 0.369 e. The van der Waals surface area contributed by atoms with Gasteiger partial charge in [-0.15, -0.1) is 12.4 Å². The van der Waals surface area contributed by atoms with E-state index < -0.39 is 11.8 Å². The van der Waals surface area contributed by atoms with E-state index in [1.165, 1.54) is 6.08 Å². The Morgan fingerprint density at radius 1 is 1.73 bits per heavy atom. The summed E-state index contributed by atoms with van der Waals surface area (Å²) < 4.78 is 12.7. The van der Waals surface area contributed by atoms with Crippen molar-refractivity contribution in [2.24, 2.45) is 11.7 Å². The van der Waals surface area contributed by atoms with Gasteiger partial charge in [0.15, 0.2) is 0 Å². The van der Waals surface area contributed by atoms with E-state index in [0.717, 1.165) is 12.8 Å². The van der Waals surface area contributed by atoms with Crippen LogP contribution in [0.4, 0.5) is 4.39 Å². The summed E-state index contributed by atoms with van der Waals surface area (Å²) in [6.07, 6.45) is 3.60. The van der Waals surface area contributed by atoms with Gasteiger partial charge in [0, 0.05) is 0 Å². The van der Waals surface area contributed by atoms with Crippen molar-refractivity contribution in [3.8, 4) is 0 Å². The molecule has 0 aromatic heterocycles. The summed E-state index contributed by atoms with van der Waals surface area (Å²) in [5.74, 6) is -1.54. The highest BCUT2D eigenvalue weighted by atomic mass is 35.5. The number of hydrogen-bond acceptors (Lipinski definition) is 1. The lowest BCUT2D eigenvalue weighted by Crippen LogP contribution is -2.25. The Morgan fingerprint density at radius 2 is 2.36 bits per heavy atom. The summed E-state index contributed by atoms with van der Waals surface area (Å²) in [4.78, 5) is 10.5. The average Bonchev–Trinajstić information content (AvgIpc) is 1.88. The normalized spacial score (nSPS) is 23.4. The lowest BCUT2D eigenvalue weighted by Gasteiger charge is -2.14. The number of carbonyl (C=O) groups excluding carboxylic acids is 1. The van der Waals surface area contributed by atoms with Gasteiger partial charge in [-0.25, -0.2) is 4.39 Å². The molecule has 0 aromatic rings. The first-order valence-corrected chi connectivity index (χ1v) is 3.36. The summed E-state index contributed by atoms with van der Waals surface area (Å²) in [6.45, 7) is 0. The summed E-state index contributed by atoms with van der Waals surface area (Å²) in [5, 5.41) is 0. The molecule has 0 spiro atoms. The predicted molar refractivity (Wildman–Crippen MR) is 43.0 cm³/mol. The number of allylic oxidation sites excluding steroid dienone is 1.